The van der Waals surface area contributed by atoms with Crippen LogP contribution in [0, 0.1) is 0 Å². The van der Waals surface area contributed by atoms with Crippen molar-refractivity contribution >= 4 is 33.4 Å². The Balaban J connectivity index is 1.39. The van der Waals surface area contributed by atoms with Gasteiger partial charge in [0.05, 0.1) is 0 Å². The fourth-order valence-corrected chi connectivity index (χ4v) is 4.44. The Bertz CT molecular complexity index is 1060. The van der Waals surface area contributed by atoms with E-state index in [1.54, 1.807) is 12.3 Å². The maximum atomic E-state index is 12.7. The number of nitrogens with zero attached hydrogens (tertiary/aromatic N) is 3. The summed E-state index contributed by atoms with van der Waals surface area (Å²) in [6, 6.07) is 19.4. The van der Waals surface area contributed by atoms with Gasteiger partial charge in [-0.2, -0.15) is 0 Å². The number of hydrogen-bond acceptors (Lipinski definition) is 4. The highest BCUT2D eigenvalue weighted by molar-refractivity contribution is 9.10. The number of hydrogen-bond donors (Lipinski definition) is 0. The predicted octanol–water partition coefficient (Wildman–Crippen LogP) is 5.42. The maximum absolute atomic E-state index is 12.7. The molecule has 1 fully saturated rings. The molecule has 32 heavy (non-hydrogen) atoms. The number of pyridine rings is 1. The quantitative estimate of drug-likeness (QED) is 0.422. The van der Waals surface area contributed by atoms with Crippen molar-refractivity contribution in [2.24, 2.45) is 0 Å². The highest BCUT2D eigenvalue weighted by Gasteiger charge is 2.29. The Morgan fingerprint density at radius 2 is 2.03 bits per heavy atom. The summed E-state index contributed by atoms with van der Waals surface area (Å²) < 4.78 is 7.15. The summed E-state index contributed by atoms with van der Waals surface area (Å²) in [5.74, 6) is 0.830. The first-order valence-electron chi connectivity index (χ1n) is 10.6. The summed E-state index contributed by atoms with van der Waals surface area (Å²) in [5, 5.41) is 0.716. The Kier molecular flexibility index (Phi) is 7.45. The second-order valence-corrected chi connectivity index (χ2v) is 9.33. The zero-order valence-electron chi connectivity index (χ0n) is 17.9. The zero-order chi connectivity index (χ0) is 22.5. The molecular weight excluding hydrogens is 490 g/mol. The normalized spacial score (nSPS) is 16.2. The summed E-state index contributed by atoms with van der Waals surface area (Å²) >= 11 is 9.56. The molecule has 0 spiro atoms. The monoisotopic (exact) mass is 513 g/mol. The Labute approximate surface area is 202 Å². The van der Waals surface area contributed by atoms with Crippen molar-refractivity contribution in [1.82, 2.24) is 14.8 Å². The van der Waals surface area contributed by atoms with E-state index in [0.717, 1.165) is 47.4 Å². The second-order valence-electron chi connectivity index (χ2n) is 7.98. The molecule has 166 valence electrons. The molecule has 4 rings (SSSR count). The van der Waals surface area contributed by atoms with Crippen LogP contribution in [-0.4, -0.2) is 46.9 Å². The zero-order valence-corrected chi connectivity index (χ0v) is 20.2. The lowest BCUT2D eigenvalue weighted by atomic mass is 10.2. The van der Waals surface area contributed by atoms with E-state index in [1.165, 1.54) is 0 Å². The molecule has 1 unspecified atom stereocenters. The molecule has 0 saturated carbocycles. The molecule has 2 aromatic carbocycles. The molecule has 2 heterocycles. The highest BCUT2D eigenvalue weighted by Crippen LogP contribution is 2.28. The van der Waals surface area contributed by atoms with Gasteiger partial charge in [0, 0.05) is 54.0 Å². The van der Waals surface area contributed by atoms with Gasteiger partial charge in [-0.1, -0.05) is 45.7 Å². The predicted molar refractivity (Wildman–Crippen MR) is 130 cm³/mol. The van der Waals surface area contributed by atoms with Crippen LogP contribution in [0.3, 0.4) is 0 Å². The molecule has 7 heteroatoms. The summed E-state index contributed by atoms with van der Waals surface area (Å²) in [4.78, 5) is 21.1. The van der Waals surface area contributed by atoms with E-state index < -0.39 is 0 Å². The molecule has 5 nitrogen and oxygen atoms in total. The standard InChI is InChI=1S/C25H25BrClN3O2/c1-29(25(31)23-4-2-3-12-28-23)22-11-13-30(16-22)15-19-14-20(26)7-10-24(19)32-17-18-5-8-21(27)9-6-18/h2-10,12,14,22H,11,13,15-17H2,1H3. The number of benzene rings is 2. The van der Waals surface area contributed by atoms with Gasteiger partial charge >= 0.3 is 0 Å². The largest absolute Gasteiger partial charge is 0.489 e. The third-order valence-corrected chi connectivity index (χ3v) is 6.47. The molecule has 1 amide bonds. The van der Waals surface area contributed by atoms with E-state index >= 15 is 0 Å². The third kappa shape index (κ3) is 5.68. The molecule has 3 aromatic rings. The first kappa shape index (κ1) is 22.8. The van der Waals surface area contributed by atoms with Crippen LogP contribution in [0.4, 0.5) is 0 Å². The average Bonchev–Trinajstić information content (AvgIpc) is 3.28. The van der Waals surface area contributed by atoms with E-state index in [2.05, 4.69) is 31.9 Å². The van der Waals surface area contributed by atoms with Crippen LogP contribution in [0.15, 0.2) is 71.3 Å². The van der Waals surface area contributed by atoms with Crippen LogP contribution in [0.2, 0.25) is 5.02 Å². The fraction of sp³-hybridized carbons (Fsp3) is 0.280. The first-order valence-corrected chi connectivity index (χ1v) is 11.7. The van der Waals surface area contributed by atoms with Gasteiger partial charge in [0.2, 0.25) is 0 Å². The molecule has 0 N–H and O–H groups in total. The van der Waals surface area contributed by atoms with Crippen LogP contribution in [-0.2, 0) is 13.2 Å². The van der Waals surface area contributed by atoms with E-state index in [1.807, 2.05) is 60.5 Å². The first-order chi connectivity index (χ1) is 15.5. The van der Waals surface area contributed by atoms with Gasteiger partial charge in [0.15, 0.2) is 0 Å². The molecule has 1 aromatic heterocycles. The van der Waals surface area contributed by atoms with Crippen molar-refractivity contribution in [1.29, 1.82) is 0 Å². The Hall–Kier alpha value is -2.41. The van der Waals surface area contributed by atoms with Gasteiger partial charge in [-0.25, -0.2) is 0 Å². The van der Waals surface area contributed by atoms with Gasteiger partial charge in [0.1, 0.15) is 18.1 Å². The van der Waals surface area contributed by atoms with Crippen molar-refractivity contribution in [3.8, 4) is 5.75 Å². The molecule has 1 atom stereocenters. The maximum Gasteiger partial charge on any atom is 0.272 e. The summed E-state index contributed by atoms with van der Waals surface area (Å²) in [7, 11) is 1.87. The third-order valence-electron chi connectivity index (χ3n) is 5.72. The number of likely N-dealkylation sites (tertiary alicyclic amines) is 1. The number of rotatable bonds is 7. The lowest BCUT2D eigenvalue weighted by Gasteiger charge is -2.25. The SMILES string of the molecule is CN(C(=O)c1ccccn1)C1CCN(Cc2cc(Br)ccc2OCc2ccc(Cl)cc2)C1. The van der Waals surface area contributed by atoms with Gasteiger partial charge < -0.3 is 9.64 Å². The van der Waals surface area contributed by atoms with Crippen molar-refractivity contribution in [2.45, 2.75) is 25.6 Å². The van der Waals surface area contributed by atoms with Gasteiger partial charge in [-0.05, 0) is 54.4 Å². The van der Waals surface area contributed by atoms with Crippen LogP contribution < -0.4 is 4.74 Å². The molecule has 1 aliphatic rings. The van der Waals surface area contributed by atoms with Crippen LogP contribution in [0.5, 0.6) is 5.75 Å². The minimum absolute atomic E-state index is 0.0353. The van der Waals surface area contributed by atoms with Crippen molar-refractivity contribution < 1.29 is 9.53 Å². The number of likely N-dealkylation sites (N-methyl/N-ethyl adjacent to an activating group) is 1. The van der Waals surface area contributed by atoms with Crippen molar-refractivity contribution in [3.63, 3.8) is 0 Å². The molecule has 0 aliphatic carbocycles. The smallest absolute Gasteiger partial charge is 0.272 e. The minimum Gasteiger partial charge on any atom is -0.489 e. The summed E-state index contributed by atoms with van der Waals surface area (Å²) in [5.41, 5.74) is 2.67. The molecule has 1 saturated heterocycles. The van der Waals surface area contributed by atoms with Crippen LogP contribution >= 0.6 is 27.5 Å². The topological polar surface area (TPSA) is 45.7 Å². The number of carbonyl (C=O) groups excluding carboxylic acids is 1. The lowest BCUT2D eigenvalue weighted by Crippen LogP contribution is -2.39. The van der Waals surface area contributed by atoms with Gasteiger partial charge in [0.25, 0.3) is 5.91 Å². The van der Waals surface area contributed by atoms with Crippen molar-refractivity contribution in [2.75, 3.05) is 20.1 Å². The average molecular weight is 515 g/mol. The fourth-order valence-electron chi connectivity index (χ4n) is 3.90. The van der Waals surface area contributed by atoms with Gasteiger partial charge in [-0.15, -0.1) is 0 Å². The van der Waals surface area contributed by atoms with E-state index in [9.17, 15) is 4.79 Å². The molecule has 0 radical (unpaired) electrons. The number of ether oxygens (including phenoxy) is 1. The van der Waals surface area contributed by atoms with E-state index in [4.69, 9.17) is 16.3 Å². The Morgan fingerprint density at radius 3 is 2.78 bits per heavy atom. The van der Waals surface area contributed by atoms with Gasteiger partial charge in [-0.3, -0.25) is 14.7 Å². The number of aromatic nitrogens is 1. The Morgan fingerprint density at radius 1 is 1.22 bits per heavy atom. The molecule has 1 aliphatic heterocycles. The second kappa shape index (κ2) is 10.5. The number of amides is 1. The van der Waals surface area contributed by atoms with Crippen LogP contribution in [0.1, 0.15) is 28.0 Å². The van der Waals surface area contributed by atoms with E-state index in [0.29, 0.717) is 17.3 Å². The number of carbonyl (C=O) groups is 1. The van der Waals surface area contributed by atoms with Crippen molar-refractivity contribution in [3.05, 3.63) is 93.2 Å². The highest BCUT2D eigenvalue weighted by atomic mass is 79.9. The van der Waals surface area contributed by atoms with E-state index in [-0.39, 0.29) is 11.9 Å². The lowest BCUT2D eigenvalue weighted by molar-refractivity contribution is 0.0729. The van der Waals surface area contributed by atoms with Crippen LogP contribution in [0.25, 0.3) is 0 Å². The molecule has 0 bridgehead atoms. The summed E-state index contributed by atoms with van der Waals surface area (Å²) in [6.45, 7) is 2.99. The minimum atomic E-state index is -0.0353. The summed E-state index contributed by atoms with van der Waals surface area (Å²) in [6.07, 6.45) is 2.59. The number of halogens is 2. The molecular formula is C25H25BrClN3O2.